The van der Waals surface area contributed by atoms with Crippen molar-refractivity contribution in [2.45, 2.75) is 25.4 Å². The molecule has 120 valence electrons. The number of nitrogens with one attached hydrogen (secondary N) is 1. The molecular weight excluding hydrogens is 312 g/mol. The first-order valence-electron chi connectivity index (χ1n) is 7.76. The van der Waals surface area contributed by atoms with Crippen molar-refractivity contribution in [1.29, 1.82) is 0 Å². The highest BCUT2D eigenvalue weighted by Gasteiger charge is 2.23. The average Bonchev–Trinajstić information content (AvgIpc) is 2.97. The third-order valence-electron chi connectivity index (χ3n) is 4.28. The van der Waals surface area contributed by atoms with E-state index in [0.29, 0.717) is 31.1 Å². The topological polar surface area (TPSA) is 45.3 Å². The summed E-state index contributed by atoms with van der Waals surface area (Å²) in [5.41, 5.74) is 1.91. The number of piperidine rings is 1. The number of carbonyl (C=O) groups excluding carboxylic acids is 1. The van der Waals surface area contributed by atoms with Crippen LogP contribution in [0.15, 0.2) is 24.4 Å². The number of hydrogen-bond donors (Lipinski definition) is 1. The lowest BCUT2D eigenvalue weighted by atomic mass is 10.1. The van der Waals surface area contributed by atoms with Gasteiger partial charge in [-0.2, -0.15) is 0 Å². The highest BCUT2D eigenvalue weighted by atomic mass is 35.5. The quantitative estimate of drug-likeness (QED) is 0.876. The first kappa shape index (κ1) is 15.9. The fourth-order valence-electron chi connectivity index (χ4n) is 3.06. The molecule has 1 amide bonds. The first-order valence-corrected chi connectivity index (χ1v) is 8.14. The molecule has 2 heterocycles. The van der Waals surface area contributed by atoms with Gasteiger partial charge in [-0.3, -0.25) is 4.79 Å². The Labute approximate surface area is 140 Å². The summed E-state index contributed by atoms with van der Waals surface area (Å²) in [7, 11) is 0. The van der Waals surface area contributed by atoms with Gasteiger partial charge in [-0.25, -0.2) is 0 Å². The van der Waals surface area contributed by atoms with Crippen molar-refractivity contribution in [3.05, 3.63) is 35.0 Å². The standard InChI is InChI=1S/C18H19ClN2O2/c1-2-10-23-14-6-8-21(9-7-14)17(22)11-13-12-20-16-5-3-4-15(19)18(13)16/h1,3-5,12,14,20H,6-11H2. The molecule has 5 heteroatoms. The van der Waals surface area contributed by atoms with E-state index in [1.807, 2.05) is 29.3 Å². The predicted octanol–water partition coefficient (Wildman–Crippen LogP) is 3.00. The molecule has 0 atom stereocenters. The molecule has 1 aromatic heterocycles. The summed E-state index contributed by atoms with van der Waals surface area (Å²) in [6.07, 6.45) is 9.27. The van der Waals surface area contributed by atoms with Crippen molar-refractivity contribution in [3.63, 3.8) is 0 Å². The van der Waals surface area contributed by atoms with Crippen LogP contribution in [0.1, 0.15) is 18.4 Å². The summed E-state index contributed by atoms with van der Waals surface area (Å²) in [5.74, 6) is 2.61. The number of terminal acetylenes is 1. The summed E-state index contributed by atoms with van der Waals surface area (Å²) in [6.45, 7) is 1.76. The number of hydrogen-bond acceptors (Lipinski definition) is 2. The van der Waals surface area contributed by atoms with Crippen molar-refractivity contribution < 1.29 is 9.53 Å². The minimum atomic E-state index is 0.126. The van der Waals surface area contributed by atoms with E-state index < -0.39 is 0 Å². The molecule has 1 aliphatic rings. The number of halogens is 1. The van der Waals surface area contributed by atoms with Gasteiger partial charge in [0.25, 0.3) is 0 Å². The second kappa shape index (κ2) is 7.08. The predicted molar refractivity (Wildman–Crippen MR) is 91.4 cm³/mol. The number of nitrogens with zero attached hydrogens (tertiary/aromatic N) is 1. The van der Waals surface area contributed by atoms with Crippen molar-refractivity contribution in [3.8, 4) is 12.3 Å². The average molecular weight is 331 g/mol. The number of aromatic nitrogens is 1. The Kier molecular flexibility index (Phi) is 4.90. The molecule has 1 saturated heterocycles. The maximum absolute atomic E-state index is 12.5. The van der Waals surface area contributed by atoms with E-state index >= 15 is 0 Å². The van der Waals surface area contributed by atoms with Crippen LogP contribution in [-0.4, -0.2) is 41.6 Å². The molecule has 1 N–H and O–H groups in total. The van der Waals surface area contributed by atoms with Gasteiger partial charge in [-0.05, 0) is 30.5 Å². The van der Waals surface area contributed by atoms with Gasteiger partial charge in [0.05, 0.1) is 17.5 Å². The van der Waals surface area contributed by atoms with Crippen LogP contribution in [0.2, 0.25) is 5.02 Å². The zero-order chi connectivity index (χ0) is 16.2. The molecule has 1 aromatic carbocycles. The molecule has 1 aliphatic heterocycles. The van der Waals surface area contributed by atoms with Crippen molar-refractivity contribution in [2.24, 2.45) is 0 Å². The van der Waals surface area contributed by atoms with E-state index in [1.54, 1.807) is 0 Å². The van der Waals surface area contributed by atoms with Crippen LogP contribution < -0.4 is 0 Å². The number of fused-ring (bicyclic) bond motifs is 1. The Balaban J connectivity index is 1.62. The summed E-state index contributed by atoms with van der Waals surface area (Å²) < 4.78 is 5.54. The molecule has 0 saturated carbocycles. The molecule has 1 fully saturated rings. The van der Waals surface area contributed by atoms with Gasteiger partial charge in [-0.15, -0.1) is 6.42 Å². The molecular formula is C18H19ClN2O2. The van der Waals surface area contributed by atoms with Crippen LogP contribution in [0.4, 0.5) is 0 Å². The summed E-state index contributed by atoms with van der Waals surface area (Å²) in [4.78, 5) is 17.6. The number of amides is 1. The fourth-order valence-corrected chi connectivity index (χ4v) is 3.36. The van der Waals surface area contributed by atoms with Gasteiger partial charge in [0.2, 0.25) is 5.91 Å². The van der Waals surface area contributed by atoms with Gasteiger partial charge in [-0.1, -0.05) is 23.6 Å². The summed E-state index contributed by atoms with van der Waals surface area (Å²) in [5, 5.41) is 1.61. The van der Waals surface area contributed by atoms with Crippen LogP contribution in [0, 0.1) is 12.3 Å². The van der Waals surface area contributed by atoms with E-state index in [9.17, 15) is 4.79 Å². The smallest absolute Gasteiger partial charge is 0.227 e. The Morgan fingerprint density at radius 2 is 2.22 bits per heavy atom. The largest absolute Gasteiger partial charge is 0.365 e. The Morgan fingerprint density at radius 3 is 2.96 bits per heavy atom. The number of likely N-dealkylation sites (tertiary alicyclic amines) is 1. The third-order valence-corrected chi connectivity index (χ3v) is 4.59. The lowest BCUT2D eigenvalue weighted by Crippen LogP contribution is -2.41. The van der Waals surface area contributed by atoms with Gasteiger partial charge < -0.3 is 14.6 Å². The van der Waals surface area contributed by atoms with E-state index in [-0.39, 0.29) is 12.0 Å². The second-order valence-electron chi connectivity index (χ2n) is 5.75. The highest BCUT2D eigenvalue weighted by Crippen LogP contribution is 2.27. The van der Waals surface area contributed by atoms with Crippen LogP contribution in [0.5, 0.6) is 0 Å². The molecule has 2 aromatic rings. The summed E-state index contributed by atoms with van der Waals surface area (Å²) in [6, 6.07) is 5.71. The first-order chi connectivity index (χ1) is 11.2. The number of carbonyl (C=O) groups is 1. The van der Waals surface area contributed by atoms with E-state index in [1.165, 1.54) is 0 Å². The van der Waals surface area contributed by atoms with Crippen LogP contribution in [0.3, 0.4) is 0 Å². The lowest BCUT2D eigenvalue weighted by molar-refractivity contribution is -0.132. The second-order valence-corrected chi connectivity index (χ2v) is 6.16. The third kappa shape index (κ3) is 3.52. The number of benzene rings is 1. The SMILES string of the molecule is C#CCOC1CCN(C(=O)Cc2c[nH]c3cccc(Cl)c23)CC1. The lowest BCUT2D eigenvalue weighted by Gasteiger charge is -2.31. The minimum Gasteiger partial charge on any atom is -0.365 e. The number of ether oxygens (including phenoxy) is 1. The van der Waals surface area contributed by atoms with E-state index in [0.717, 1.165) is 29.3 Å². The maximum Gasteiger partial charge on any atom is 0.227 e. The molecule has 0 spiro atoms. The van der Waals surface area contributed by atoms with E-state index in [4.69, 9.17) is 22.8 Å². The van der Waals surface area contributed by atoms with E-state index in [2.05, 4.69) is 10.9 Å². The van der Waals surface area contributed by atoms with Gasteiger partial charge in [0, 0.05) is 30.2 Å². The number of aromatic amines is 1. The molecule has 0 aliphatic carbocycles. The van der Waals surface area contributed by atoms with Crippen LogP contribution in [-0.2, 0) is 16.0 Å². The minimum absolute atomic E-state index is 0.126. The maximum atomic E-state index is 12.5. The number of rotatable bonds is 4. The molecule has 23 heavy (non-hydrogen) atoms. The molecule has 3 rings (SSSR count). The fraction of sp³-hybridized carbons (Fsp3) is 0.389. The Bertz CT molecular complexity index is 739. The monoisotopic (exact) mass is 330 g/mol. The zero-order valence-electron chi connectivity index (χ0n) is 12.8. The van der Waals surface area contributed by atoms with Crippen molar-refractivity contribution in [1.82, 2.24) is 9.88 Å². The van der Waals surface area contributed by atoms with Crippen molar-refractivity contribution >= 4 is 28.4 Å². The Hall–Kier alpha value is -1.96. The van der Waals surface area contributed by atoms with Crippen LogP contribution in [0.25, 0.3) is 10.9 Å². The molecule has 0 bridgehead atoms. The van der Waals surface area contributed by atoms with Gasteiger partial charge >= 0.3 is 0 Å². The van der Waals surface area contributed by atoms with Gasteiger partial charge in [0.1, 0.15) is 6.61 Å². The molecule has 4 nitrogen and oxygen atoms in total. The molecule has 0 radical (unpaired) electrons. The Morgan fingerprint density at radius 1 is 1.43 bits per heavy atom. The normalized spacial score (nSPS) is 15.7. The zero-order valence-corrected chi connectivity index (χ0v) is 13.6. The van der Waals surface area contributed by atoms with Crippen molar-refractivity contribution in [2.75, 3.05) is 19.7 Å². The highest BCUT2D eigenvalue weighted by molar-refractivity contribution is 6.35. The van der Waals surface area contributed by atoms with Gasteiger partial charge in [0.15, 0.2) is 0 Å². The molecule has 0 unspecified atom stereocenters. The summed E-state index contributed by atoms with van der Waals surface area (Å²) >= 11 is 6.26. The number of H-pyrrole nitrogens is 1. The van der Waals surface area contributed by atoms with Crippen LogP contribution >= 0.6 is 11.6 Å².